The first-order valence-electron chi connectivity index (χ1n) is 3.74. The molecule has 2 aromatic rings. The molecular formula is C10H8NO. The number of benzene rings is 1. The molecular weight excluding hydrogens is 150 g/mol. The number of aromatic nitrogens is 1. The fraction of sp³-hybridized carbons (Fsp3) is 0.100. The Kier molecular flexibility index (Phi) is 1.67. The van der Waals surface area contributed by atoms with E-state index < -0.39 is 0 Å². The molecule has 0 aliphatic rings. The third-order valence-electron chi connectivity index (χ3n) is 1.61. The minimum absolute atomic E-state index is 0.648. The van der Waals surface area contributed by atoms with Gasteiger partial charge in [-0.15, -0.1) is 0 Å². The van der Waals surface area contributed by atoms with Crippen LogP contribution in [0.1, 0.15) is 5.56 Å². The molecule has 0 atom stereocenters. The molecule has 2 heteroatoms. The average molecular weight is 158 g/mol. The van der Waals surface area contributed by atoms with E-state index in [1.807, 2.05) is 25.1 Å². The molecule has 0 N–H and O–H groups in total. The van der Waals surface area contributed by atoms with Crippen molar-refractivity contribution in [2.75, 3.05) is 0 Å². The van der Waals surface area contributed by atoms with E-state index in [1.54, 1.807) is 12.5 Å². The van der Waals surface area contributed by atoms with Gasteiger partial charge >= 0.3 is 0 Å². The molecule has 12 heavy (non-hydrogen) atoms. The van der Waals surface area contributed by atoms with Gasteiger partial charge in [0.05, 0.1) is 6.20 Å². The minimum atomic E-state index is 0.648. The highest BCUT2D eigenvalue weighted by Crippen LogP contribution is 2.16. The second-order valence-electron chi connectivity index (χ2n) is 2.64. The third-order valence-corrected chi connectivity index (χ3v) is 1.61. The summed E-state index contributed by atoms with van der Waals surface area (Å²) in [7, 11) is 0. The maximum Gasteiger partial charge on any atom is 0.225 e. The number of aryl methyl sites for hydroxylation is 1. The van der Waals surface area contributed by atoms with Crippen LogP contribution in [0, 0.1) is 13.0 Å². The Bertz CT molecular complexity index is 365. The summed E-state index contributed by atoms with van der Waals surface area (Å²) in [5.74, 6) is 0.648. The van der Waals surface area contributed by atoms with E-state index in [2.05, 4.69) is 11.1 Å². The predicted molar refractivity (Wildman–Crippen MR) is 45.5 cm³/mol. The smallest absolute Gasteiger partial charge is 0.225 e. The molecule has 1 aromatic heterocycles. The first-order valence-corrected chi connectivity index (χ1v) is 3.74. The molecule has 0 amide bonds. The van der Waals surface area contributed by atoms with Gasteiger partial charge in [0.2, 0.25) is 5.89 Å². The predicted octanol–water partition coefficient (Wildman–Crippen LogP) is 2.45. The zero-order chi connectivity index (χ0) is 8.39. The first-order chi connectivity index (χ1) is 5.86. The highest BCUT2D eigenvalue weighted by atomic mass is 16.3. The minimum Gasteiger partial charge on any atom is -0.445 e. The van der Waals surface area contributed by atoms with Gasteiger partial charge in [-0.25, -0.2) is 4.98 Å². The van der Waals surface area contributed by atoms with Crippen LogP contribution in [0.3, 0.4) is 0 Å². The molecule has 0 saturated carbocycles. The monoisotopic (exact) mass is 158 g/mol. The Morgan fingerprint density at radius 1 is 1.42 bits per heavy atom. The number of nitrogens with zero attached hydrogens (tertiary/aromatic N) is 1. The van der Waals surface area contributed by atoms with Gasteiger partial charge < -0.3 is 4.42 Å². The quantitative estimate of drug-likeness (QED) is 0.637. The molecule has 0 spiro atoms. The van der Waals surface area contributed by atoms with Crippen LogP contribution >= 0.6 is 0 Å². The van der Waals surface area contributed by atoms with Crippen LogP contribution in [0.15, 0.2) is 35.1 Å². The molecule has 1 radical (unpaired) electrons. The molecule has 0 fully saturated rings. The first kappa shape index (κ1) is 7.10. The normalized spacial score (nSPS) is 10.1. The Hall–Kier alpha value is -1.57. The maximum absolute atomic E-state index is 5.14. The van der Waals surface area contributed by atoms with Crippen LogP contribution in [0.2, 0.25) is 0 Å². The van der Waals surface area contributed by atoms with Crippen molar-refractivity contribution in [2.45, 2.75) is 6.92 Å². The summed E-state index contributed by atoms with van der Waals surface area (Å²) in [6, 6.07) is 8.82. The molecule has 0 saturated heterocycles. The van der Waals surface area contributed by atoms with Crippen molar-refractivity contribution >= 4 is 0 Å². The third kappa shape index (κ3) is 1.23. The lowest BCUT2D eigenvalue weighted by Crippen LogP contribution is -1.77. The van der Waals surface area contributed by atoms with Gasteiger partial charge in [-0.1, -0.05) is 6.07 Å². The Balaban J connectivity index is 2.48. The maximum atomic E-state index is 5.14. The van der Waals surface area contributed by atoms with Crippen molar-refractivity contribution in [3.63, 3.8) is 0 Å². The lowest BCUT2D eigenvalue weighted by molar-refractivity contribution is 0.574. The van der Waals surface area contributed by atoms with Crippen molar-refractivity contribution in [1.29, 1.82) is 0 Å². The molecule has 59 valence electrons. The van der Waals surface area contributed by atoms with Crippen molar-refractivity contribution < 1.29 is 4.42 Å². The van der Waals surface area contributed by atoms with Gasteiger partial charge in [0.25, 0.3) is 0 Å². The number of hydrogen-bond acceptors (Lipinski definition) is 2. The van der Waals surface area contributed by atoms with Crippen molar-refractivity contribution in [3.8, 4) is 11.5 Å². The van der Waals surface area contributed by atoms with Crippen molar-refractivity contribution in [2.24, 2.45) is 0 Å². The zero-order valence-electron chi connectivity index (χ0n) is 6.74. The van der Waals surface area contributed by atoms with Gasteiger partial charge in [0, 0.05) is 5.56 Å². The second kappa shape index (κ2) is 2.81. The summed E-state index contributed by atoms with van der Waals surface area (Å²) in [5.41, 5.74) is 2.13. The van der Waals surface area contributed by atoms with E-state index in [0.717, 1.165) is 11.1 Å². The second-order valence-corrected chi connectivity index (χ2v) is 2.64. The molecule has 1 aromatic carbocycles. The highest BCUT2D eigenvalue weighted by molar-refractivity contribution is 5.53. The van der Waals surface area contributed by atoms with Crippen molar-refractivity contribution in [1.82, 2.24) is 4.98 Å². The topological polar surface area (TPSA) is 26.0 Å². The van der Waals surface area contributed by atoms with Crippen LogP contribution in [0.4, 0.5) is 0 Å². The number of rotatable bonds is 1. The van der Waals surface area contributed by atoms with Gasteiger partial charge in [-0.05, 0) is 30.7 Å². The fourth-order valence-electron chi connectivity index (χ4n) is 1.08. The van der Waals surface area contributed by atoms with Crippen LogP contribution < -0.4 is 0 Å². The summed E-state index contributed by atoms with van der Waals surface area (Å²) in [6.07, 6.45) is 3.20. The standard InChI is InChI=1S/C10H8NO/c1-8-3-2-4-9(7-8)10-11-5-6-12-10/h3-7H,1H3. The van der Waals surface area contributed by atoms with Gasteiger partial charge in [-0.3, -0.25) is 0 Å². The van der Waals surface area contributed by atoms with E-state index in [4.69, 9.17) is 4.42 Å². The molecule has 0 aliphatic heterocycles. The summed E-state index contributed by atoms with van der Waals surface area (Å²) >= 11 is 0. The molecule has 1 heterocycles. The lowest BCUT2D eigenvalue weighted by Gasteiger charge is -1.95. The van der Waals surface area contributed by atoms with Crippen LogP contribution in [-0.2, 0) is 0 Å². The molecule has 2 nitrogen and oxygen atoms in total. The van der Waals surface area contributed by atoms with E-state index in [1.165, 1.54) is 0 Å². The summed E-state index contributed by atoms with van der Waals surface area (Å²) in [5, 5.41) is 0. The molecule has 0 aliphatic carbocycles. The summed E-state index contributed by atoms with van der Waals surface area (Å²) in [6.45, 7) is 2.02. The molecule has 2 rings (SSSR count). The number of oxazole rings is 1. The molecule has 0 unspecified atom stereocenters. The largest absolute Gasteiger partial charge is 0.445 e. The Morgan fingerprint density at radius 2 is 2.33 bits per heavy atom. The number of hydrogen-bond donors (Lipinski definition) is 0. The average Bonchev–Trinajstić information content (AvgIpc) is 2.56. The molecule has 0 bridgehead atoms. The fourth-order valence-corrected chi connectivity index (χ4v) is 1.08. The Morgan fingerprint density at radius 3 is 3.00 bits per heavy atom. The van der Waals surface area contributed by atoms with E-state index in [9.17, 15) is 0 Å². The van der Waals surface area contributed by atoms with E-state index >= 15 is 0 Å². The Labute approximate surface area is 70.9 Å². The SMILES string of the molecule is Cc1c[c]cc(-c2ncco2)c1. The van der Waals surface area contributed by atoms with Crippen LogP contribution in [-0.4, -0.2) is 4.98 Å². The van der Waals surface area contributed by atoms with Gasteiger partial charge in [0.1, 0.15) is 6.26 Å². The zero-order valence-corrected chi connectivity index (χ0v) is 6.74. The van der Waals surface area contributed by atoms with Crippen LogP contribution in [0.25, 0.3) is 11.5 Å². The highest BCUT2D eigenvalue weighted by Gasteiger charge is 2.00. The van der Waals surface area contributed by atoms with Crippen LogP contribution in [0.5, 0.6) is 0 Å². The lowest BCUT2D eigenvalue weighted by atomic mass is 10.1. The van der Waals surface area contributed by atoms with Gasteiger partial charge in [0.15, 0.2) is 0 Å². The summed E-state index contributed by atoms with van der Waals surface area (Å²) in [4.78, 5) is 4.04. The van der Waals surface area contributed by atoms with Crippen molar-refractivity contribution in [3.05, 3.63) is 42.3 Å². The van der Waals surface area contributed by atoms with Gasteiger partial charge in [-0.2, -0.15) is 0 Å². The summed E-state index contributed by atoms with van der Waals surface area (Å²) < 4.78 is 5.14. The van der Waals surface area contributed by atoms with E-state index in [0.29, 0.717) is 5.89 Å². The van der Waals surface area contributed by atoms with E-state index in [-0.39, 0.29) is 0 Å².